The Balaban J connectivity index is 2.28. The third kappa shape index (κ3) is 3.48. The Hall–Kier alpha value is -1.53. The number of nitrogens with one attached hydrogen (secondary N) is 1. The summed E-state index contributed by atoms with van der Waals surface area (Å²) in [4.78, 5) is 0. The Labute approximate surface area is 115 Å². The van der Waals surface area contributed by atoms with Gasteiger partial charge in [-0.15, -0.1) is 5.10 Å². The van der Waals surface area contributed by atoms with E-state index in [1.807, 2.05) is 20.8 Å². The monoisotopic (exact) mass is 283 g/mol. The number of nitrogens with zero attached hydrogens (tertiary/aromatic N) is 4. The van der Waals surface area contributed by atoms with Crippen LogP contribution in [-0.4, -0.2) is 25.7 Å². The summed E-state index contributed by atoms with van der Waals surface area (Å²) >= 11 is 6.01. The number of tetrazole rings is 1. The molecule has 1 heterocycles. The van der Waals surface area contributed by atoms with E-state index in [9.17, 15) is 4.39 Å². The summed E-state index contributed by atoms with van der Waals surface area (Å²) < 4.78 is 14.5. The fourth-order valence-electron chi connectivity index (χ4n) is 1.50. The highest BCUT2D eigenvalue weighted by molar-refractivity contribution is 6.32. The van der Waals surface area contributed by atoms with Crippen LogP contribution in [0.5, 0.6) is 0 Å². The molecule has 5 nitrogen and oxygen atoms in total. The van der Waals surface area contributed by atoms with E-state index in [2.05, 4.69) is 20.8 Å². The largest absolute Gasteiger partial charge is 0.305 e. The van der Waals surface area contributed by atoms with Crippen LogP contribution in [0.15, 0.2) is 18.2 Å². The molecule has 0 fully saturated rings. The van der Waals surface area contributed by atoms with Crippen LogP contribution in [0.1, 0.15) is 26.6 Å². The van der Waals surface area contributed by atoms with Gasteiger partial charge in [0.05, 0.1) is 17.3 Å². The third-order valence-corrected chi connectivity index (χ3v) is 2.75. The Morgan fingerprint density at radius 1 is 1.37 bits per heavy atom. The summed E-state index contributed by atoms with van der Waals surface area (Å²) in [7, 11) is 0. The van der Waals surface area contributed by atoms with Crippen LogP contribution in [0.4, 0.5) is 4.39 Å². The Morgan fingerprint density at radius 3 is 2.74 bits per heavy atom. The molecule has 0 unspecified atom stereocenters. The van der Waals surface area contributed by atoms with Crippen molar-refractivity contribution >= 4 is 11.6 Å². The van der Waals surface area contributed by atoms with Gasteiger partial charge in [0, 0.05) is 5.54 Å². The average Bonchev–Trinajstić information content (AvgIpc) is 2.73. The van der Waals surface area contributed by atoms with E-state index in [4.69, 9.17) is 11.6 Å². The molecule has 0 aliphatic carbocycles. The SMILES string of the molecule is CC(C)(C)NCc1nnnn1-c1ccc(F)cc1Cl. The molecule has 0 bridgehead atoms. The molecule has 0 spiro atoms. The number of aromatic nitrogens is 4. The molecule has 1 aromatic carbocycles. The maximum absolute atomic E-state index is 13.0. The zero-order valence-corrected chi connectivity index (χ0v) is 11.7. The van der Waals surface area contributed by atoms with E-state index < -0.39 is 5.82 Å². The van der Waals surface area contributed by atoms with Crippen molar-refractivity contribution in [2.24, 2.45) is 0 Å². The van der Waals surface area contributed by atoms with E-state index in [0.717, 1.165) is 0 Å². The average molecular weight is 284 g/mol. The lowest BCUT2D eigenvalue weighted by Crippen LogP contribution is -2.35. The Kier molecular flexibility index (Phi) is 3.82. The maximum Gasteiger partial charge on any atom is 0.170 e. The summed E-state index contributed by atoms with van der Waals surface area (Å²) in [5, 5.41) is 15.0. The van der Waals surface area contributed by atoms with Gasteiger partial charge in [0.25, 0.3) is 0 Å². The highest BCUT2D eigenvalue weighted by Gasteiger charge is 2.15. The fraction of sp³-hybridized carbons (Fsp3) is 0.417. The quantitative estimate of drug-likeness (QED) is 0.939. The van der Waals surface area contributed by atoms with Gasteiger partial charge in [-0.25, -0.2) is 4.39 Å². The van der Waals surface area contributed by atoms with E-state index in [1.165, 1.54) is 16.8 Å². The lowest BCUT2D eigenvalue weighted by atomic mass is 10.1. The molecule has 0 radical (unpaired) electrons. The van der Waals surface area contributed by atoms with Crippen molar-refractivity contribution in [3.63, 3.8) is 0 Å². The molecule has 2 rings (SSSR count). The minimum Gasteiger partial charge on any atom is -0.305 e. The van der Waals surface area contributed by atoms with Crippen molar-refractivity contribution in [3.8, 4) is 5.69 Å². The summed E-state index contributed by atoms with van der Waals surface area (Å²) in [5.74, 6) is 0.222. The number of benzene rings is 1. The zero-order chi connectivity index (χ0) is 14.0. The van der Waals surface area contributed by atoms with Gasteiger partial charge in [0.15, 0.2) is 5.82 Å². The first-order chi connectivity index (χ1) is 8.87. The van der Waals surface area contributed by atoms with Crippen LogP contribution in [0.3, 0.4) is 0 Å². The smallest absolute Gasteiger partial charge is 0.170 e. The van der Waals surface area contributed by atoms with Crippen LogP contribution in [0.2, 0.25) is 5.02 Å². The van der Waals surface area contributed by atoms with Gasteiger partial charge in [-0.3, -0.25) is 0 Å². The highest BCUT2D eigenvalue weighted by Crippen LogP contribution is 2.21. The van der Waals surface area contributed by atoms with Gasteiger partial charge < -0.3 is 5.32 Å². The van der Waals surface area contributed by atoms with Crippen molar-refractivity contribution in [2.75, 3.05) is 0 Å². The Bertz CT molecular complexity index is 576. The van der Waals surface area contributed by atoms with Crippen LogP contribution in [0.25, 0.3) is 5.69 Å². The summed E-state index contributed by atoms with van der Waals surface area (Å²) in [6, 6.07) is 4.11. The van der Waals surface area contributed by atoms with Crippen molar-refractivity contribution in [1.82, 2.24) is 25.5 Å². The van der Waals surface area contributed by atoms with E-state index in [-0.39, 0.29) is 10.6 Å². The molecule has 0 aliphatic rings. The molecule has 1 aromatic heterocycles. The van der Waals surface area contributed by atoms with Crippen molar-refractivity contribution in [3.05, 3.63) is 34.9 Å². The molecule has 1 N–H and O–H groups in total. The van der Waals surface area contributed by atoms with Crippen molar-refractivity contribution in [2.45, 2.75) is 32.9 Å². The molecule has 7 heteroatoms. The molecular formula is C12H15ClFN5. The first kappa shape index (κ1) is 13.9. The number of rotatable bonds is 3. The van der Waals surface area contributed by atoms with Crippen LogP contribution >= 0.6 is 11.6 Å². The molecule has 2 aromatic rings. The summed E-state index contributed by atoms with van der Waals surface area (Å²) in [5.41, 5.74) is 0.502. The van der Waals surface area contributed by atoms with Gasteiger partial charge in [-0.1, -0.05) is 11.6 Å². The lowest BCUT2D eigenvalue weighted by Gasteiger charge is -2.20. The summed E-state index contributed by atoms with van der Waals surface area (Å²) in [6.45, 7) is 6.63. The second-order valence-electron chi connectivity index (χ2n) is 5.21. The van der Waals surface area contributed by atoms with Gasteiger partial charge in [-0.05, 0) is 49.4 Å². The molecule has 0 saturated carbocycles. The predicted octanol–water partition coefficient (Wildman–Crippen LogP) is 2.34. The zero-order valence-electron chi connectivity index (χ0n) is 11.0. The molecule has 0 saturated heterocycles. The Morgan fingerprint density at radius 2 is 2.11 bits per heavy atom. The van der Waals surface area contributed by atoms with Gasteiger partial charge >= 0.3 is 0 Å². The minimum absolute atomic E-state index is 0.0522. The van der Waals surface area contributed by atoms with Crippen LogP contribution < -0.4 is 5.32 Å². The molecule has 19 heavy (non-hydrogen) atoms. The number of hydrogen-bond acceptors (Lipinski definition) is 4. The number of hydrogen-bond donors (Lipinski definition) is 1. The summed E-state index contributed by atoms with van der Waals surface area (Å²) in [6.07, 6.45) is 0. The van der Waals surface area contributed by atoms with E-state index >= 15 is 0 Å². The first-order valence-electron chi connectivity index (χ1n) is 5.84. The predicted molar refractivity (Wildman–Crippen MR) is 70.7 cm³/mol. The molecule has 102 valence electrons. The first-order valence-corrected chi connectivity index (χ1v) is 6.22. The topological polar surface area (TPSA) is 55.6 Å². The van der Waals surface area contributed by atoms with Crippen molar-refractivity contribution < 1.29 is 4.39 Å². The number of halogens is 2. The van der Waals surface area contributed by atoms with Gasteiger partial charge in [0.1, 0.15) is 5.82 Å². The van der Waals surface area contributed by atoms with Crippen LogP contribution in [0, 0.1) is 5.82 Å². The van der Waals surface area contributed by atoms with Gasteiger partial charge in [0.2, 0.25) is 0 Å². The van der Waals surface area contributed by atoms with Crippen LogP contribution in [-0.2, 0) is 6.54 Å². The molecular weight excluding hydrogens is 269 g/mol. The third-order valence-electron chi connectivity index (χ3n) is 2.45. The lowest BCUT2D eigenvalue weighted by molar-refractivity contribution is 0.415. The van der Waals surface area contributed by atoms with E-state index in [1.54, 1.807) is 6.07 Å². The van der Waals surface area contributed by atoms with Gasteiger partial charge in [-0.2, -0.15) is 4.68 Å². The maximum atomic E-state index is 13.0. The normalized spacial score (nSPS) is 11.8. The highest BCUT2D eigenvalue weighted by atomic mass is 35.5. The second-order valence-corrected chi connectivity index (χ2v) is 5.61. The standard InChI is InChI=1S/C12H15ClFN5/c1-12(2,3)15-7-11-16-17-18-19(11)10-5-4-8(14)6-9(10)13/h4-6,15H,7H2,1-3H3. The second kappa shape index (κ2) is 5.22. The fourth-order valence-corrected chi connectivity index (χ4v) is 1.75. The minimum atomic E-state index is -0.392. The molecule has 0 atom stereocenters. The molecule has 0 aliphatic heterocycles. The molecule has 0 amide bonds. The van der Waals surface area contributed by atoms with E-state index in [0.29, 0.717) is 18.1 Å². The van der Waals surface area contributed by atoms with Crippen molar-refractivity contribution in [1.29, 1.82) is 0 Å².